The van der Waals surface area contributed by atoms with Crippen molar-refractivity contribution in [3.8, 4) is 5.75 Å². The second kappa shape index (κ2) is 13.5. The summed E-state index contributed by atoms with van der Waals surface area (Å²) in [6.07, 6.45) is 9.56. The van der Waals surface area contributed by atoms with Crippen molar-refractivity contribution < 1.29 is 9.53 Å². The summed E-state index contributed by atoms with van der Waals surface area (Å²) in [7, 11) is 0. The molecule has 0 bridgehead atoms. The van der Waals surface area contributed by atoms with E-state index in [1.807, 2.05) is 19.1 Å². The second-order valence-corrected chi connectivity index (χ2v) is 7.19. The van der Waals surface area contributed by atoms with Crippen molar-refractivity contribution in [1.29, 1.82) is 0 Å². The van der Waals surface area contributed by atoms with Crippen LogP contribution in [-0.2, 0) is 6.54 Å². The van der Waals surface area contributed by atoms with E-state index in [2.05, 4.69) is 40.3 Å². The van der Waals surface area contributed by atoms with Gasteiger partial charge in [0.15, 0.2) is 0 Å². The Morgan fingerprint density at radius 1 is 1.10 bits per heavy atom. The van der Waals surface area contributed by atoms with Gasteiger partial charge in [-0.15, -0.1) is 0 Å². The molecule has 1 N–H and O–H groups in total. The van der Waals surface area contributed by atoms with Crippen LogP contribution in [0.2, 0.25) is 0 Å². The van der Waals surface area contributed by atoms with E-state index in [4.69, 9.17) is 4.74 Å². The van der Waals surface area contributed by atoms with Crippen molar-refractivity contribution in [1.82, 2.24) is 15.3 Å². The van der Waals surface area contributed by atoms with Crippen LogP contribution in [0.4, 0.5) is 0 Å². The third kappa shape index (κ3) is 7.59. The van der Waals surface area contributed by atoms with Gasteiger partial charge in [-0.05, 0) is 51.1 Å². The lowest BCUT2D eigenvalue weighted by atomic mass is 10.1. The third-order valence-electron chi connectivity index (χ3n) is 4.78. The maximum absolute atomic E-state index is 12.2. The minimum absolute atomic E-state index is 0.270. The van der Waals surface area contributed by atoms with Gasteiger partial charge in [-0.25, -0.2) is 5.43 Å². The number of rotatable bonds is 13. The fourth-order valence-electron chi connectivity index (χ4n) is 3.15. The molecule has 0 aliphatic rings. The summed E-state index contributed by atoms with van der Waals surface area (Å²) >= 11 is 0. The Morgan fingerprint density at radius 3 is 2.43 bits per heavy atom. The number of nitrogens with one attached hydrogen (secondary N) is 1. The van der Waals surface area contributed by atoms with Crippen molar-refractivity contribution in [2.24, 2.45) is 5.10 Å². The lowest BCUT2D eigenvalue weighted by molar-refractivity contribution is 0.0955. The molecule has 1 aromatic heterocycles. The lowest BCUT2D eigenvalue weighted by Gasteiger charge is -2.24. The summed E-state index contributed by atoms with van der Waals surface area (Å²) in [5.74, 6) is 0.563. The van der Waals surface area contributed by atoms with Gasteiger partial charge < -0.3 is 4.74 Å². The number of carbonyl (C=O) groups is 1. The van der Waals surface area contributed by atoms with Crippen LogP contribution in [-0.4, -0.2) is 41.7 Å². The van der Waals surface area contributed by atoms with E-state index in [0.717, 1.165) is 36.5 Å². The average Bonchev–Trinajstić information content (AvgIpc) is 2.78. The monoisotopic (exact) mass is 410 g/mol. The number of unbranched alkanes of at least 4 members (excludes halogenated alkanes) is 2. The van der Waals surface area contributed by atoms with Crippen molar-refractivity contribution in [3.05, 3.63) is 59.4 Å². The molecule has 0 fully saturated rings. The van der Waals surface area contributed by atoms with Gasteiger partial charge in [0.05, 0.1) is 12.8 Å². The fraction of sp³-hybridized carbons (Fsp3) is 0.458. The number of benzene rings is 1. The van der Waals surface area contributed by atoms with Gasteiger partial charge in [-0.3, -0.25) is 14.7 Å². The summed E-state index contributed by atoms with van der Waals surface area (Å²) in [4.78, 5) is 18.6. The van der Waals surface area contributed by atoms with Crippen molar-refractivity contribution in [2.75, 3.05) is 19.7 Å². The topological polar surface area (TPSA) is 66.8 Å². The van der Waals surface area contributed by atoms with Gasteiger partial charge in [0, 0.05) is 35.6 Å². The minimum atomic E-state index is -0.270. The average molecular weight is 411 g/mol. The first-order valence-electron chi connectivity index (χ1n) is 10.9. The van der Waals surface area contributed by atoms with E-state index in [1.54, 1.807) is 30.7 Å². The SMILES string of the molecule is CCCCN(CCCC)Cc1cccc(/C=N\NC(=O)c2ccncc2)c1OCC. The molecule has 2 aromatic rings. The molecule has 0 saturated heterocycles. The number of amides is 1. The first kappa shape index (κ1) is 23.5. The Kier molecular flexibility index (Phi) is 10.6. The molecule has 0 aliphatic heterocycles. The molecular weight excluding hydrogens is 376 g/mol. The van der Waals surface area contributed by atoms with E-state index in [-0.39, 0.29) is 5.91 Å². The van der Waals surface area contributed by atoms with E-state index >= 15 is 0 Å². The van der Waals surface area contributed by atoms with Crippen LogP contribution < -0.4 is 10.2 Å². The van der Waals surface area contributed by atoms with Crippen molar-refractivity contribution >= 4 is 12.1 Å². The molecule has 0 radical (unpaired) electrons. The molecule has 1 aromatic carbocycles. The van der Waals surface area contributed by atoms with Crippen LogP contribution in [0.25, 0.3) is 0 Å². The Labute approximate surface area is 180 Å². The van der Waals surface area contributed by atoms with Crippen molar-refractivity contribution in [2.45, 2.75) is 53.0 Å². The van der Waals surface area contributed by atoms with E-state index in [9.17, 15) is 4.79 Å². The summed E-state index contributed by atoms with van der Waals surface area (Å²) < 4.78 is 5.98. The van der Waals surface area contributed by atoms with Gasteiger partial charge in [-0.2, -0.15) is 5.10 Å². The summed E-state index contributed by atoms with van der Waals surface area (Å²) in [5.41, 5.74) is 5.09. The highest BCUT2D eigenvalue weighted by Crippen LogP contribution is 2.25. The highest BCUT2D eigenvalue weighted by atomic mass is 16.5. The Bertz CT molecular complexity index is 785. The smallest absolute Gasteiger partial charge is 0.271 e. The quantitative estimate of drug-likeness (QED) is 0.386. The number of hydrogen-bond donors (Lipinski definition) is 1. The number of ether oxygens (including phenoxy) is 1. The zero-order valence-electron chi connectivity index (χ0n) is 18.4. The summed E-state index contributed by atoms with van der Waals surface area (Å²) in [6.45, 7) is 10.0. The number of aromatic nitrogens is 1. The molecule has 0 saturated carbocycles. The predicted octanol–water partition coefficient (Wildman–Crippen LogP) is 4.65. The number of para-hydroxylation sites is 1. The Balaban J connectivity index is 2.14. The van der Waals surface area contributed by atoms with Crippen LogP contribution in [0, 0.1) is 0 Å². The molecule has 1 amide bonds. The van der Waals surface area contributed by atoms with E-state index in [0.29, 0.717) is 12.2 Å². The molecule has 6 heteroatoms. The maximum Gasteiger partial charge on any atom is 0.271 e. The number of hydrogen-bond acceptors (Lipinski definition) is 5. The zero-order valence-corrected chi connectivity index (χ0v) is 18.4. The van der Waals surface area contributed by atoms with Gasteiger partial charge in [0.1, 0.15) is 5.75 Å². The number of nitrogens with zero attached hydrogens (tertiary/aromatic N) is 3. The van der Waals surface area contributed by atoms with Crippen LogP contribution in [0.1, 0.15) is 67.9 Å². The third-order valence-corrected chi connectivity index (χ3v) is 4.78. The molecular formula is C24H34N4O2. The number of pyridine rings is 1. The molecule has 6 nitrogen and oxygen atoms in total. The second-order valence-electron chi connectivity index (χ2n) is 7.19. The van der Waals surface area contributed by atoms with Gasteiger partial charge in [0.2, 0.25) is 0 Å². The van der Waals surface area contributed by atoms with Gasteiger partial charge in [0.25, 0.3) is 5.91 Å². The zero-order chi connectivity index (χ0) is 21.6. The molecule has 0 spiro atoms. The lowest BCUT2D eigenvalue weighted by Crippen LogP contribution is -2.26. The van der Waals surface area contributed by atoms with E-state index in [1.165, 1.54) is 25.7 Å². The van der Waals surface area contributed by atoms with Crippen LogP contribution >= 0.6 is 0 Å². The van der Waals surface area contributed by atoms with Crippen LogP contribution in [0.15, 0.2) is 47.8 Å². The standard InChI is InChI=1S/C24H34N4O2/c1-4-7-16-28(17-8-5-2)19-22-11-9-10-21(23(22)30-6-3)18-26-27-24(29)20-12-14-25-15-13-20/h9-15,18H,4-8,16-17,19H2,1-3H3,(H,27,29)/b26-18-. The fourth-order valence-corrected chi connectivity index (χ4v) is 3.15. The highest BCUT2D eigenvalue weighted by molar-refractivity contribution is 5.95. The Morgan fingerprint density at radius 2 is 1.80 bits per heavy atom. The van der Waals surface area contributed by atoms with Crippen LogP contribution in [0.5, 0.6) is 5.75 Å². The molecule has 0 aliphatic carbocycles. The molecule has 0 atom stereocenters. The maximum atomic E-state index is 12.2. The van der Waals surface area contributed by atoms with Gasteiger partial charge >= 0.3 is 0 Å². The first-order chi connectivity index (χ1) is 14.7. The Hall–Kier alpha value is -2.73. The number of carbonyl (C=O) groups excluding carboxylic acids is 1. The minimum Gasteiger partial charge on any atom is -0.493 e. The van der Waals surface area contributed by atoms with Crippen molar-refractivity contribution in [3.63, 3.8) is 0 Å². The summed E-state index contributed by atoms with van der Waals surface area (Å²) in [5, 5.41) is 4.14. The number of hydrazone groups is 1. The predicted molar refractivity (Wildman–Crippen MR) is 122 cm³/mol. The molecule has 162 valence electrons. The van der Waals surface area contributed by atoms with Crippen LogP contribution in [0.3, 0.4) is 0 Å². The highest BCUT2D eigenvalue weighted by Gasteiger charge is 2.13. The van der Waals surface area contributed by atoms with E-state index < -0.39 is 0 Å². The molecule has 1 heterocycles. The molecule has 0 unspecified atom stereocenters. The largest absolute Gasteiger partial charge is 0.493 e. The van der Waals surface area contributed by atoms with Gasteiger partial charge in [-0.1, -0.05) is 38.8 Å². The molecule has 30 heavy (non-hydrogen) atoms. The molecule has 2 rings (SSSR count). The summed E-state index contributed by atoms with van der Waals surface area (Å²) in [6, 6.07) is 9.39. The first-order valence-corrected chi connectivity index (χ1v) is 10.9. The normalized spacial score (nSPS) is 11.2.